The Balaban J connectivity index is 1.98. The Kier molecular flexibility index (Phi) is 4.80. The molecule has 0 spiro atoms. The normalized spacial score (nSPS) is 18.1. The first kappa shape index (κ1) is 15.0. The van der Waals surface area contributed by atoms with Crippen LogP contribution >= 0.6 is 0 Å². The molecule has 1 aliphatic heterocycles. The molecule has 3 N–H and O–H groups in total. The molecule has 1 atom stereocenters. The summed E-state index contributed by atoms with van der Waals surface area (Å²) >= 11 is 0. The number of primary amides is 1. The van der Waals surface area contributed by atoms with Crippen LogP contribution in [-0.4, -0.2) is 59.4 Å². The van der Waals surface area contributed by atoms with Crippen molar-refractivity contribution in [2.75, 3.05) is 32.8 Å². The van der Waals surface area contributed by atoms with E-state index in [0.29, 0.717) is 18.7 Å². The van der Waals surface area contributed by atoms with Gasteiger partial charge in [0.2, 0.25) is 0 Å². The van der Waals surface area contributed by atoms with Crippen LogP contribution in [0.25, 0.3) is 0 Å². The van der Waals surface area contributed by atoms with E-state index in [-0.39, 0.29) is 0 Å². The number of amides is 1. The van der Waals surface area contributed by atoms with Crippen LogP contribution in [0.2, 0.25) is 0 Å². The minimum absolute atomic E-state index is 0.415. The van der Waals surface area contributed by atoms with E-state index in [0.717, 1.165) is 37.6 Å². The fraction of sp³-hybridized carbons (Fsp3) is 0.643. The highest BCUT2D eigenvalue weighted by atomic mass is 16.5. The highest BCUT2D eigenvalue weighted by Crippen LogP contribution is 2.16. The molecule has 0 aliphatic carbocycles. The number of ether oxygens (including phenoxy) is 1. The number of aliphatic hydroxyl groups excluding tert-OH is 1. The summed E-state index contributed by atoms with van der Waals surface area (Å²) in [4.78, 5) is 13.6. The number of hydrogen-bond donors (Lipinski definition) is 2. The van der Waals surface area contributed by atoms with Gasteiger partial charge in [-0.25, -0.2) is 0 Å². The van der Waals surface area contributed by atoms with Crippen LogP contribution in [0.4, 0.5) is 0 Å². The zero-order valence-corrected chi connectivity index (χ0v) is 12.1. The van der Waals surface area contributed by atoms with Crippen molar-refractivity contribution in [1.29, 1.82) is 0 Å². The lowest BCUT2D eigenvalue weighted by Gasteiger charge is -2.28. The average Bonchev–Trinajstić information content (AvgIpc) is 2.65. The number of aliphatic hydroxyl groups is 1. The van der Waals surface area contributed by atoms with Gasteiger partial charge in [-0.2, -0.15) is 0 Å². The van der Waals surface area contributed by atoms with Crippen molar-refractivity contribution in [2.24, 2.45) is 5.73 Å². The number of nitrogens with two attached hydrogens (primary N) is 1. The van der Waals surface area contributed by atoms with E-state index in [4.69, 9.17) is 10.5 Å². The van der Waals surface area contributed by atoms with Crippen molar-refractivity contribution in [3.8, 4) is 0 Å². The van der Waals surface area contributed by atoms with Gasteiger partial charge in [-0.15, -0.1) is 0 Å². The van der Waals surface area contributed by atoms with Crippen LogP contribution < -0.4 is 5.73 Å². The van der Waals surface area contributed by atoms with Crippen molar-refractivity contribution < 1.29 is 14.6 Å². The molecule has 1 aliphatic rings. The van der Waals surface area contributed by atoms with Gasteiger partial charge < -0.3 is 20.1 Å². The van der Waals surface area contributed by atoms with Crippen LogP contribution in [-0.2, 0) is 11.3 Å². The molecule has 0 unspecified atom stereocenters. The lowest BCUT2D eigenvalue weighted by molar-refractivity contribution is 0.0114. The molecule has 2 heterocycles. The lowest BCUT2D eigenvalue weighted by Crippen LogP contribution is -2.42. The number of aromatic nitrogens is 1. The van der Waals surface area contributed by atoms with Gasteiger partial charge in [-0.3, -0.25) is 9.69 Å². The molecule has 2 rings (SSSR count). The number of aryl methyl sites for hydroxylation is 1. The van der Waals surface area contributed by atoms with E-state index in [2.05, 4.69) is 4.90 Å². The van der Waals surface area contributed by atoms with Gasteiger partial charge in [0.1, 0.15) is 0 Å². The summed E-state index contributed by atoms with van der Waals surface area (Å²) in [5.41, 5.74) is 7.60. The molecule has 112 valence electrons. The number of nitrogens with zero attached hydrogens (tertiary/aromatic N) is 2. The molecule has 0 aromatic carbocycles. The van der Waals surface area contributed by atoms with E-state index in [9.17, 15) is 9.90 Å². The minimum atomic E-state index is -0.473. The molecule has 6 heteroatoms. The Morgan fingerprint density at radius 2 is 2.05 bits per heavy atom. The Labute approximate surface area is 119 Å². The second-order valence-electron chi connectivity index (χ2n) is 5.36. The molecular formula is C14H23N3O3. The largest absolute Gasteiger partial charge is 0.390 e. The van der Waals surface area contributed by atoms with Crippen LogP contribution in [0.5, 0.6) is 0 Å². The van der Waals surface area contributed by atoms with Crippen molar-refractivity contribution in [3.05, 3.63) is 23.0 Å². The van der Waals surface area contributed by atoms with Crippen molar-refractivity contribution in [1.82, 2.24) is 9.47 Å². The second kappa shape index (κ2) is 6.39. The molecular weight excluding hydrogens is 258 g/mol. The smallest absolute Gasteiger partial charge is 0.250 e. The van der Waals surface area contributed by atoms with Gasteiger partial charge in [-0.05, 0) is 19.4 Å². The third-order valence-electron chi connectivity index (χ3n) is 3.76. The summed E-state index contributed by atoms with van der Waals surface area (Å²) in [5.74, 6) is -0.415. The van der Waals surface area contributed by atoms with Crippen LogP contribution in [0.15, 0.2) is 6.20 Å². The van der Waals surface area contributed by atoms with Gasteiger partial charge in [-0.1, -0.05) is 0 Å². The molecule has 1 aromatic rings. The van der Waals surface area contributed by atoms with Gasteiger partial charge in [0.05, 0.1) is 24.9 Å². The highest BCUT2D eigenvalue weighted by molar-refractivity contribution is 5.95. The molecule has 20 heavy (non-hydrogen) atoms. The summed E-state index contributed by atoms with van der Waals surface area (Å²) in [6.45, 7) is 7.96. The van der Waals surface area contributed by atoms with Crippen molar-refractivity contribution >= 4 is 5.91 Å². The lowest BCUT2D eigenvalue weighted by atomic mass is 10.1. The predicted molar refractivity (Wildman–Crippen MR) is 75.7 cm³/mol. The van der Waals surface area contributed by atoms with Gasteiger partial charge >= 0.3 is 0 Å². The van der Waals surface area contributed by atoms with Gasteiger partial charge in [0.15, 0.2) is 0 Å². The van der Waals surface area contributed by atoms with E-state index in [1.165, 1.54) is 0 Å². The number of hydrogen-bond acceptors (Lipinski definition) is 4. The summed E-state index contributed by atoms with van der Waals surface area (Å²) in [6, 6.07) is 0. The van der Waals surface area contributed by atoms with Crippen LogP contribution in [0, 0.1) is 13.8 Å². The first-order chi connectivity index (χ1) is 9.49. The quantitative estimate of drug-likeness (QED) is 0.789. The SMILES string of the molecule is Cc1cn(C[C@@H](O)CN2CCOCC2)c(C)c1C(N)=O. The fourth-order valence-electron chi connectivity index (χ4n) is 2.75. The molecule has 1 saturated heterocycles. The molecule has 1 aromatic heterocycles. The maximum atomic E-state index is 11.4. The second-order valence-corrected chi connectivity index (χ2v) is 5.36. The number of rotatable bonds is 5. The zero-order valence-electron chi connectivity index (χ0n) is 12.1. The maximum Gasteiger partial charge on any atom is 0.250 e. The Morgan fingerprint density at radius 1 is 1.40 bits per heavy atom. The van der Waals surface area contributed by atoms with Crippen molar-refractivity contribution in [2.45, 2.75) is 26.5 Å². The fourth-order valence-corrected chi connectivity index (χ4v) is 2.75. The number of β-amino-alcohol motifs (C(OH)–C–C–N with tert-alkyl or cyclic N) is 1. The predicted octanol–water partition coefficient (Wildman–Crippen LogP) is -0.103. The van der Waals surface area contributed by atoms with E-state index >= 15 is 0 Å². The summed E-state index contributed by atoms with van der Waals surface area (Å²) in [7, 11) is 0. The molecule has 1 amide bonds. The number of morpholine rings is 1. The minimum Gasteiger partial charge on any atom is -0.390 e. The highest BCUT2D eigenvalue weighted by Gasteiger charge is 2.18. The van der Waals surface area contributed by atoms with E-state index in [1.54, 1.807) is 0 Å². The molecule has 0 saturated carbocycles. The third-order valence-corrected chi connectivity index (χ3v) is 3.76. The Hall–Kier alpha value is -1.37. The molecule has 0 bridgehead atoms. The summed E-state index contributed by atoms with van der Waals surface area (Å²) in [6.07, 6.45) is 1.40. The van der Waals surface area contributed by atoms with Gasteiger partial charge in [0, 0.05) is 38.1 Å². The van der Waals surface area contributed by atoms with Crippen LogP contribution in [0.3, 0.4) is 0 Å². The first-order valence-electron chi connectivity index (χ1n) is 6.93. The zero-order chi connectivity index (χ0) is 14.7. The van der Waals surface area contributed by atoms with Gasteiger partial charge in [0.25, 0.3) is 5.91 Å². The van der Waals surface area contributed by atoms with Crippen LogP contribution in [0.1, 0.15) is 21.6 Å². The Morgan fingerprint density at radius 3 is 2.60 bits per heavy atom. The standard InChI is InChI=1S/C14H23N3O3/c1-10-7-17(11(2)13(10)14(15)19)9-12(18)8-16-3-5-20-6-4-16/h7,12,18H,3-6,8-9H2,1-2H3,(H2,15,19)/t12-/m0/s1. The number of carbonyl (C=O) groups is 1. The third kappa shape index (κ3) is 3.39. The van der Waals surface area contributed by atoms with E-state index < -0.39 is 12.0 Å². The molecule has 1 fully saturated rings. The molecule has 6 nitrogen and oxygen atoms in total. The van der Waals surface area contributed by atoms with Crippen molar-refractivity contribution in [3.63, 3.8) is 0 Å². The number of carbonyl (C=O) groups excluding carboxylic acids is 1. The maximum absolute atomic E-state index is 11.4. The summed E-state index contributed by atoms with van der Waals surface area (Å²) in [5, 5.41) is 10.2. The van der Waals surface area contributed by atoms with E-state index in [1.807, 2.05) is 24.6 Å². The molecule has 0 radical (unpaired) electrons. The monoisotopic (exact) mass is 281 g/mol. The Bertz CT molecular complexity index is 478. The topological polar surface area (TPSA) is 80.7 Å². The first-order valence-corrected chi connectivity index (χ1v) is 6.93. The average molecular weight is 281 g/mol. The summed E-state index contributed by atoms with van der Waals surface area (Å²) < 4.78 is 7.19.